The van der Waals surface area contributed by atoms with E-state index >= 15 is 0 Å². The number of hydrogen-bond donors (Lipinski definition) is 2. The standard InChI is InChI=1S/C8H8F2N2O/c1-3-5(9)6(10)4(2)8(12-13)7(3)11/h11,13H,1-2H3/b11-7?,12-8-. The Morgan fingerprint density at radius 1 is 1.15 bits per heavy atom. The number of halogens is 2. The molecule has 0 radical (unpaired) electrons. The number of rotatable bonds is 0. The van der Waals surface area contributed by atoms with Crippen LogP contribution in [0.3, 0.4) is 0 Å². The van der Waals surface area contributed by atoms with Gasteiger partial charge in [0.25, 0.3) is 0 Å². The Morgan fingerprint density at radius 3 is 2.08 bits per heavy atom. The smallest absolute Gasteiger partial charge is 0.164 e. The molecule has 0 saturated carbocycles. The average molecular weight is 186 g/mol. The normalized spacial score (nSPS) is 21.8. The fourth-order valence-corrected chi connectivity index (χ4v) is 1.03. The van der Waals surface area contributed by atoms with Gasteiger partial charge in [-0.1, -0.05) is 5.16 Å². The van der Waals surface area contributed by atoms with Crippen LogP contribution in [0.2, 0.25) is 0 Å². The minimum Gasteiger partial charge on any atom is -0.410 e. The Hall–Kier alpha value is -1.52. The van der Waals surface area contributed by atoms with Crippen molar-refractivity contribution in [2.45, 2.75) is 13.8 Å². The van der Waals surface area contributed by atoms with Gasteiger partial charge in [-0.2, -0.15) is 0 Å². The van der Waals surface area contributed by atoms with Crippen molar-refractivity contribution >= 4 is 11.4 Å². The molecule has 0 aromatic rings. The molecule has 5 heteroatoms. The molecule has 70 valence electrons. The summed E-state index contributed by atoms with van der Waals surface area (Å²) < 4.78 is 25.9. The van der Waals surface area contributed by atoms with Gasteiger partial charge >= 0.3 is 0 Å². The lowest BCUT2D eigenvalue weighted by molar-refractivity contribution is 0.320. The van der Waals surface area contributed by atoms with Crippen molar-refractivity contribution in [2.75, 3.05) is 0 Å². The lowest BCUT2D eigenvalue weighted by Gasteiger charge is -2.14. The SMILES string of the molecule is CC1=C(F)C(F)=C(C)/C(=N/O)C1=N. The number of hydrogen-bond acceptors (Lipinski definition) is 3. The summed E-state index contributed by atoms with van der Waals surface area (Å²) >= 11 is 0. The number of nitrogens with one attached hydrogen (secondary N) is 1. The van der Waals surface area contributed by atoms with E-state index in [0.29, 0.717) is 0 Å². The first-order chi connectivity index (χ1) is 6.00. The maximum atomic E-state index is 13.0. The van der Waals surface area contributed by atoms with Gasteiger partial charge in [0.1, 0.15) is 5.71 Å². The zero-order valence-corrected chi connectivity index (χ0v) is 7.15. The van der Waals surface area contributed by atoms with Crippen molar-refractivity contribution < 1.29 is 14.0 Å². The van der Waals surface area contributed by atoms with Crippen molar-refractivity contribution in [3.63, 3.8) is 0 Å². The molecule has 0 amide bonds. The van der Waals surface area contributed by atoms with Crippen LogP contribution in [-0.2, 0) is 0 Å². The molecule has 0 aromatic heterocycles. The molecule has 0 aliphatic heterocycles. The molecule has 0 saturated heterocycles. The second kappa shape index (κ2) is 3.08. The predicted molar refractivity (Wildman–Crippen MR) is 44.6 cm³/mol. The lowest BCUT2D eigenvalue weighted by Crippen LogP contribution is -2.21. The number of nitrogens with zero attached hydrogens (tertiary/aromatic N) is 1. The second-order valence-electron chi connectivity index (χ2n) is 2.70. The molecule has 1 aliphatic rings. The molecule has 3 nitrogen and oxygen atoms in total. The maximum Gasteiger partial charge on any atom is 0.164 e. The van der Waals surface area contributed by atoms with Crippen LogP contribution in [0.5, 0.6) is 0 Å². The van der Waals surface area contributed by atoms with E-state index in [-0.39, 0.29) is 22.6 Å². The Balaban J connectivity index is 3.41. The van der Waals surface area contributed by atoms with Crippen LogP contribution in [0.4, 0.5) is 8.78 Å². The average Bonchev–Trinajstić information content (AvgIpc) is 2.13. The van der Waals surface area contributed by atoms with Gasteiger partial charge in [-0.05, 0) is 13.8 Å². The Bertz CT molecular complexity index is 362. The molecule has 0 fully saturated rings. The molecule has 13 heavy (non-hydrogen) atoms. The molecule has 1 rings (SSSR count). The third kappa shape index (κ3) is 1.26. The van der Waals surface area contributed by atoms with Crippen LogP contribution in [0.1, 0.15) is 13.8 Å². The van der Waals surface area contributed by atoms with Gasteiger partial charge in [0.05, 0.1) is 5.71 Å². The van der Waals surface area contributed by atoms with E-state index in [4.69, 9.17) is 10.6 Å². The van der Waals surface area contributed by atoms with E-state index < -0.39 is 11.7 Å². The first-order valence-corrected chi connectivity index (χ1v) is 3.55. The minimum atomic E-state index is -1.07. The highest BCUT2D eigenvalue weighted by Gasteiger charge is 2.27. The fourth-order valence-electron chi connectivity index (χ4n) is 1.03. The third-order valence-corrected chi connectivity index (χ3v) is 1.92. The highest BCUT2D eigenvalue weighted by atomic mass is 19.2. The molecule has 0 spiro atoms. The van der Waals surface area contributed by atoms with Gasteiger partial charge in [-0.25, -0.2) is 8.78 Å². The van der Waals surface area contributed by atoms with Gasteiger partial charge in [0.2, 0.25) is 0 Å². The van der Waals surface area contributed by atoms with Crippen LogP contribution in [0.25, 0.3) is 0 Å². The highest BCUT2D eigenvalue weighted by Crippen LogP contribution is 2.28. The highest BCUT2D eigenvalue weighted by molar-refractivity contribution is 6.53. The van der Waals surface area contributed by atoms with Crippen LogP contribution >= 0.6 is 0 Å². The van der Waals surface area contributed by atoms with Gasteiger partial charge in [0, 0.05) is 11.1 Å². The molecule has 0 unspecified atom stereocenters. The summed E-state index contributed by atoms with van der Waals surface area (Å²) in [6.45, 7) is 2.51. The summed E-state index contributed by atoms with van der Waals surface area (Å²) in [5, 5.41) is 18.5. The fraction of sp³-hybridized carbons (Fsp3) is 0.250. The van der Waals surface area contributed by atoms with Crippen molar-refractivity contribution in [1.82, 2.24) is 0 Å². The summed E-state index contributed by atoms with van der Waals surface area (Å²) in [7, 11) is 0. The summed E-state index contributed by atoms with van der Waals surface area (Å²) in [5.74, 6) is -2.13. The zero-order chi connectivity index (χ0) is 10.2. The molecule has 2 N–H and O–H groups in total. The summed E-state index contributed by atoms with van der Waals surface area (Å²) in [4.78, 5) is 0. The van der Waals surface area contributed by atoms with Crippen molar-refractivity contribution in [3.05, 3.63) is 22.8 Å². The second-order valence-corrected chi connectivity index (χ2v) is 2.70. The topological polar surface area (TPSA) is 56.4 Å². The molecule has 0 atom stereocenters. The van der Waals surface area contributed by atoms with Gasteiger partial charge in [-0.15, -0.1) is 0 Å². The van der Waals surface area contributed by atoms with E-state index in [1.807, 2.05) is 0 Å². The Kier molecular flexibility index (Phi) is 2.27. The van der Waals surface area contributed by atoms with E-state index in [0.717, 1.165) is 0 Å². The quantitative estimate of drug-likeness (QED) is 0.340. The molecular weight excluding hydrogens is 178 g/mol. The Morgan fingerprint density at radius 2 is 1.62 bits per heavy atom. The van der Waals surface area contributed by atoms with Crippen molar-refractivity contribution in [1.29, 1.82) is 5.41 Å². The van der Waals surface area contributed by atoms with Gasteiger partial charge < -0.3 is 5.21 Å². The zero-order valence-electron chi connectivity index (χ0n) is 7.15. The van der Waals surface area contributed by atoms with Gasteiger partial charge in [-0.3, -0.25) is 5.41 Å². The molecule has 0 bridgehead atoms. The first kappa shape index (κ1) is 9.57. The van der Waals surface area contributed by atoms with Crippen LogP contribution in [0, 0.1) is 5.41 Å². The summed E-state index contributed by atoms with van der Waals surface area (Å²) in [5.41, 5.74) is -0.832. The number of oxime groups is 1. The van der Waals surface area contributed by atoms with Crippen molar-refractivity contribution in [3.8, 4) is 0 Å². The van der Waals surface area contributed by atoms with Gasteiger partial charge in [0.15, 0.2) is 11.7 Å². The molecule has 1 aliphatic carbocycles. The minimum absolute atomic E-state index is 0.157. The Labute approximate surface area is 73.6 Å². The molecular formula is C8H8F2N2O. The monoisotopic (exact) mass is 186 g/mol. The predicted octanol–water partition coefficient (Wildman–Crippen LogP) is 2.34. The third-order valence-electron chi connectivity index (χ3n) is 1.92. The number of allylic oxidation sites excluding steroid dienone is 4. The first-order valence-electron chi connectivity index (χ1n) is 3.55. The summed E-state index contributed by atoms with van der Waals surface area (Å²) in [6.07, 6.45) is 0. The van der Waals surface area contributed by atoms with E-state index in [1.165, 1.54) is 13.8 Å². The van der Waals surface area contributed by atoms with E-state index in [1.54, 1.807) is 0 Å². The molecule has 0 heterocycles. The molecule has 0 aromatic carbocycles. The van der Waals surface area contributed by atoms with Crippen LogP contribution in [0.15, 0.2) is 28.0 Å². The maximum absolute atomic E-state index is 13.0. The van der Waals surface area contributed by atoms with E-state index in [9.17, 15) is 8.78 Å². The largest absolute Gasteiger partial charge is 0.410 e. The van der Waals surface area contributed by atoms with Crippen molar-refractivity contribution in [2.24, 2.45) is 5.16 Å². The van der Waals surface area contributed by atoms with E-state index in [2.05, 4.69) is 5.16 Å². The lowest BCUT2D eigenvalue weighted by atomic mass is 9.94. The van der Waals surface area contributed by atoms with Crippen LogP contribution < -0.4 is 0 Å². The van der Waals surface area contributed by atoms with Crippen LogP contribution in [-0.4, -0.2) is 16.6 Å². The summed E-state index contributed by atoms with van der Waals surface area (Å²) in [6, 6.07) is 0.